The zero-order valence-corrected chi connectivity index (χ0v) is 20.3. The SMILES string of the molecule is Cc1cc(-c2cnc3c(NCCN4CCOCC4)cc(Oc4ccccc4C)nn23)ccc1CN. The van der Waals surface area contributed by atoms with Gasteiger partial charge in [-0.2, -0.15) is 0 Å². The van der Waals surface area contributed by atoms with E-state index in [9.17, 15) is 0 Å². The minimum atomic E-state index is 0.509. The molecule has 0 unspecified atom stereocenters. The van der Waals surface area contributed by atoms with Gasteiger partial charge in [-0.1, -0.05) is 30.3 Å². The summed E-state index contributed by atoms with van der Waals surface area (Å²) in [4.78, 5) is 7.12. The second kappa shape index (κ2) is 10.4. The van der Waals surface area contributed by atoms with Crippen molar-refractivity contribution in [2.45, 2.75) is 20.4 Å². The molecule has 0 amide bonds. The first kappa shape index (κ1) is 23.3. The number of fused-ring (bicyclic) bond motifs is 1. The molecule has 1 saturated heterocycles. The molecule has 2 aromatic carbocycles. The number of anilines is 1. The lowest BCUT2D eigenvalue weighted by Gasteiger charge is -2.26. The molecule has 0 atom stereocenters. The molecule has 8 heteroatoms. The van der Waals surface area contributed by atoms with Gasteiger partial charge in [0.15, 0.2) is 5.65 Å². The Labute approximate surface area is 205 Å². The Morgan fingerprint density at radius 3 is 2.66 bits per heavy atom. The number of aryl methyl sites for hydroxylation is 2. The van der Waals surface area contributed by atoms with Gasteiger partial charge in [-0.15, -0.1) is 5.10 Å². The van der Waals surface area contributed by atoms with Crippen molar-refractivity contribution in [1.29, 1.82) is 0 Å². The maximum Gasteiger partial charge on any atom is 0.239 e. The zero-order valence-electron chi connectivity index (χ0n) is 20.3. The van der Waals surface area contributed by atoms with Crippen LogP contribution in [0.3, 0.4) is 0 Å². The quantitative estimate of drug-likeness (QED) is 0.400. The molecule has 0 spiro atoms. The number of hydrogen-bond donors (Lipinski definition) is 2. The molecule has 35 heavy (non-hydrogen) atoms. The van der Waals surface area contributed by atoms with Crippen LogP contribution in [0.5, 0.6) is 11.6 Å². The van der Waals surface area contributed by atoms with E-state index in [0.29, 0.717) is 12.4 Å². The van der Waals surface area contributed by atoms with Crippen LogP contribution in [0, 0.1) is 13.8 Å². The molecule has 0 saturated carbocycles. The molecule has 8 nitrogen and oxygen atoms in total. The van der Waals surface area contributed by atoms with Gasteiger partial charge in [0.05, 0.1) is 30.8 Å². The third-order valence-electron chi connectivity index (χ3n) is 6.46. The van der Waals surface area contributed by atoms with E-state index in [-0.39, 0.29) is 0 Å². The minimum Gasteiger partial charge on any atom is -0.437 e. The summed E-state index contributed by atoms with van der Waals surface area (Å²) in [7, 11) is 0. The number of benzene rings is 2. The van der Waals surface area contributed by atoms with Crippen molar-refractivity contribution in [3.8, 4) is 22.9 Å². The summed E-state index contributed by atoms with van der Waals surface area (Å²) >= 11 is 0. The molecule has 1 fully saturated rings. The van der Waals surface area contributed by atoms with E-state index in [4.69, 9.17) is 25.3 Å². The van der Waals surface area contributed by atoms with E-state index in [1.165, 1.54) is 0 Å². The monoisotopic (exact) mass is 472 g/mol. The Bertz CT molecular complexity index is 1310. The zero-order chi connectivity index (χ0) is 24.2. The number of rotatable bonds is 8. The van der Waals surface area contributed by atoms with Gasteiger partial charge in [0.25, 0.3) is 0 Å². The summed E-state index contributed by atoms with van der Waals surface area (Å²) in [5.74, 6) is 1.29. The van der Waals surface area contributed by atoms with E-state index in [1.807, 2.05) is 48.0 Å². The lowest BCUT2D eigenvalue weighted by Crippen LogP contribution is -2.39. The number of ether oxygens (including phenoxy) is 2. The molecule has 182 valence electrons. The highest BCUT2D eigenvalue weighted by Crippen LogP contribution is 2.30. The van der Waals surface area contributed by atoms with Crippen molar-refractivity contribution in [3.05, 3.63) is 71.4 Å². The van der Waals surface area contributed by atoms with Crippen LogP contribution in [-0.4, -0.2) is 58.9 Å². The van der Waals surface area contributed by atoms with Crippen molar-refractivity contribution in [2.24, 2.45) is 5.73 Å². The van der Waals surface area contributed by atoms with Gasteiger partial charge >= 0.3 is 0 Å². The van der Waals surface area contributed by atoms with Gasteiger partial charge in [-0.05, 0) is 42.7 Å². The summed E-state index contributed by atoms with van der Waals surface area (Å²) in [6, 6.07) is 16.1. The van der Waals surface area contributed by atoms with Gasteiger partial charge in [0, 0.05) is 44.4 Å². The molecule has 4 aromatic rings. The van der Waals surface area contributed by atoms with Crippen molar-refractivity contribution in [1.82, 2.24) is 19.5 Å². The van der Waals surface area contributed by atoms with Crippen LogP contribution in [0.25, 0.3) is 16.9 Å². The first-order valence-electron chi connectivity index (χ1n) is 12.1. The molecule has 0 bridgehead atoms. The number of nitrogens with two attached hydrogens (primary N) is 1. The van der Waals surface area contributed by atoms with Crippen LogP contribution >= 0.6 is 0 Å². The van der Waals surface area contributed by atoms with Gasteiger partial charge in [0.1, 0.15) is 5.75 Å². The first-order chi connectivity index (χ1) is 17.1. The Kier molecular flexibility index (Phi) is 6.94. The molecule has 5 rings (SSSR count). The maximum absolute atomic E-state index is 6.23. The molecule has 0 aliphatic carbocycles. The minimum absolute atomic E-state index is 0.509. The molecular weight excluding hydrogens is 440 g/mol. The Morgan fingerprint density at radius 2 is 1.89 bits per heavy atom. The van der Waals surface area contributed by atoms with Crippen LogP contribution in [0.2, 0.25) is 0 Å². The number of nitrogens with zero attached hydrogens (tertiary/aromatic N) is 4. The van der Waals surface area contributed by atoms with E-state index in [2.05, 4.69) is 35.3 Å². The van der Waals surface area contributed by atoms with Crippen LogP contribution in [0.1, 0.15) is 16.7 Å². The fraction of sp³-hybridized carbons (Fsp3) is 0.333. The summed E-state index contributed by atoms with van der Waals surface area (Å²) in [6.07, 6.45) is 1.87. The second-order valence-electron chi connectivity index (χ2n) is 8.87. The van der Waals surface area contributed by atoms with Crippen LogP contribution in [0.4, 0.5) is 5.69 Å². The largest absolute Gasteiger partial charge is 0.437 e. The van der Waals surface area contributed by atoms with Gasteiger partial charge in [0.2, 0.25) is 5.88 Å². The molecular formula is C27H32N6O2. The Balaban J connectivity index is 1.50. The average Bonchev–Trinajstić information content (AvgIpc) is 3.30. The maximum atomic E-state index is 6.23. The topological polar surface area (TPSA) is 89.9 Å². The van der Waals surface area contributed by atoms with Crippen LogP contribution in [0.15, 0.2) is 54.7 Å². The smallest absolute Gasteiger partial charge is 0.239 e. The predicted molar refractivity (Wildman–Crippen MR) is 138 cm³/mol. The summed E-state index contributed by atoms with van der Waals surface area (Å²) in [6.45, 7) is 9.84. The highest BCUT2D eigenvalue weighted by Gasteiger charge is 2.16. The number of aromatic nitrogens is 3. The van der Waals surface area contributed by atoms with Crippen LogP contribution < -0.4 is 15.8 Å². The molecule has 3 heterocycles. The van der Waals surface area contributed by atoms with Gasteiger partial charge < -0.3 is 20.5 Å². The number of morpholine rings is 1. The predicted octanol–water partition coefficient (Wildman–Crippen LogP) is 4.01. The Morgan fingerprint density at radius 1 is 1.06 bits per heavy atom. The number of nitrogens with one attached hydrogen (secondary N) is 1. The van der Waals surface area contributed by atoms with Gasteiger partial charge in [-0.3, -0.25) is 4.90 Å². The number of para-hydroxylation sites is 1. The van der Waals surface area contributed by atoms with Crippen molar-refractivity contribution < 1.29 is 9.47 Å². The number of hydrogen-bond acceptors (Lipinski definition) is 7. The van der Waals surface area contributed by atoms with E-state index in [0.717, 1.165) is 84.4 Å². The van der Waals surface area contributed by atoms with E-state index >= 15 is 0 Å². The number of imidazole rings is 1. The highest BCUT2D eigenvalue weighted by molar-refractivity contribution is 5.74. The molecule has 3 N–H and O–H groups in total. The van der Waals surface area contributed by atoms with Crippen LogP contribution in [-0.2, 0) is 11.3 Å². The average molecular weight is 473 g/mol. The molecule has 1 aliphatic rings. The lowest BCUT2D eigenvalue weighted by molar-refractivity contribution is 0.0398. The normalized spacial score (nSPS) is 14.4. The standard InChI is InChI=1S/C27H32N6O2/c1-19-5-3-4-6-25(19)35-26-16-23(29-9-10-32-11-13-34-14-12-32)27-30-18-24(33(27)31-26)21-7-8-22(17-28)20(2)15-21/h3-8,15-16,18,29H,9-14,17,28H2,1-2H3. The second-order valence-corrected chi connectivity index (χ2v) is 8.87. The molecule has 0 radical (unpaired) electrons. The lowest BCUT2D eigenvalue weighted by atomic mass is 10.0. The van der Waals surface area contributed by atoms with E-state index < -0.39 is 0 Å². The Hall–Kier alpha value is -3.46. The van der Waals surface area contributed by atoms with Crippen molar-refractivity contribution >= 4 is 11.3 Å². The van der Waals surface area contributed by atoms with Gasteiger partial charge in [-0.25, -0.2) is 9.50 Å². The third kappa shape index (κ3) is 5.14. The highest BCUT2D eigenvalue weighted by atomic mass is 16.5. The van der Waals surface area contributed by atoms with Crippen molar-refractivity contribution in [3.63, 3.8) is 0 Å². The fourth-order valence-electron chi connectivity index (χ4n) is 4.36. The summed E-state index contributed by atoms with van der Waals surface area (Å²) in [5, 5.41) is 8.39. The first-order valence-corrected chi connectivity index (χ1v) is 12.1. The molecule has 1 aliphatic heterocycles. The summed E-state index contributed by atoms with van der Waals surface area (Å²) < 4.78 is 13.6. The summed E-state index contributed by atoms with van der Waals surface area (Å²) in [5.41, 5.74) is 12.8. The molecule has 2 aromatic heterocycles. The van der Waals surface area contributed by atoms with Crippen molar-refractivity contribution in [2.75, 3.05) is 44.7 Å². The fourth-order valence-corrected chi connectivity index (χ4v) is 4.36. The third-order valence-corrected chi connectivity index (χ3v) is 6.46. The van der Waals surface area contributed by atoms with E-state index in [1.54, 1.807) is 0 Å².